The van der Waals surface area contributed by atoms with E-state index in [0.717, 1.165) is 0 Å². The summed E-state index contributed by atoms with van der Waals surface area (Å²) in [6, 6.07) is 5.08. The zero-order valence-electron chi connectivity index (χ0n) is 7.41. The maximum atomic E-state index is 10.8. The minimum Gasteiger partial charge on any atom is -0.468 e. The molecule has 0 unspecified atom stereocenters. The molecule has 0 bridgehead atoms. The van der Waals surface area contributed by atoms with Crippen LogP contribution >= 0.6 is 11.6 Å². The van der Waals surface area contributed by atoms with Crippen molar-refractivity contribution in [1.82, 2.24) is 0 Å². The largest absolute Gasteiger partial charge is 0.468 e. The van der Waals surface area contributed by atoms with Gasteiger partial charge in [-0.05, 0) is 12.1 Å². The third-order valence-electron chi connectivity index (χ3n) is 1.96. The standard InChI is InChI=1S/C10H7ClO3/c1-13-10-8(5-12)7-3-2-6(11)4-9(7)14-10/h2-5H,1H3. The average molecular weight is 211 g/mol. The smallest absolute Gasteiger partial charge is 0.296 e. The van der Waals surface area contributed by atoms with Crippen LogP contribution in [0.1, 0.15) is 10.4 Å². The van der Waals surface area contributed by atoms with E-state index in [1.807, 2.05) is 0 Å². The summed E-state index contributed by atoms with van der Waals surface area (Å²) in [7, 11) is 1.45. The van der Waals surface area contributed by atoms with Crippen LogP contribution in [0, 0.1) is 0 Å². The van der Waals surface area contributed by atoms with Gasteiger partial charge in [-0.25, -0.2) is 0 Å². The Morgan fingerprint density at radius 3 is 2.93 bits per heavy atom. The highest BCUT2D eigenvalue weighted by molar-refractivity contribution is 6.31. The number of benzene rings is 1. The Bertz CT molecular complexity index is 487. The zero-order chi connectivity index (χ0) is 10.1. The van der Waals surface area contributed by atoms with Crippen molar-refractivity contribution in [2.24, 2.45) is 0 Å². The van der Waals surface area contributed by atoms with Crippen LogP contribution in [0.2, 0.25) is 5.02 Å². The molecule has 1 aromatic carbocycles. The van der Waals surface area contributed by atoms with Crippen LogP contribution in [-0.2, 0) is 0 Å². The quantitative estimate of drug-likeness (QED) is 0.716. The molecule has 0 fully saturated rings. The lowest BCUT2D eigenvalue weighted by Gasteiger charge is -1.91. The molecule has 0 radical (unpaired) electrons. The van der Waals surface area contributed by atoms with Crippen molar-refractivity contribution in [3.63, 3.8) is 0 Å². The Morgan fingerprint density at radius 2 is 2.29 bits per heavy atom. The molecule has 3 nitrogen and oxygen atoms in total. The van der Waals surface area contributed by atoms with Crippen molar-refractivity contribution in [2.75, 3.05) is 7.11 Å². The monoisotopic (exact) mass is 210 g/mol. The highest BCUT2D eigenvalue weighted by Crippen LogP contribution is 2.31. The van der Waals surface area contributed by atoms with Gasteiger partial charge in [0, 0.05) is 16.5 Å². The fourth-order valence-corrected chi connectivity index (χ4v) is 1.49. The first-order valence-corrected chi connectivity index (χ1v) is 4.35. The molecule has 0 saturated heterocycles. The first-order valence-electron chi connectivity index (χ1n) is 3.97. The van der Waals surface area contributed by atoms with Crippen LogP contribution in [0.15, 0.2) is 22.6 Å². The number of ether oxygens (including phenoxy) is 1. The van der Waals surface area contributed by atoms with E-state index in [0.29, 0.717) is 27.8 Å². The van der Waals surface area contributed by atoms with E-state index in [9.17, 15) is 4.79 Å². The van der Waals surface area contributed by atoms with Gasteiger partial charge in [0.05, 0.1) is 7.11 Å². The highest BCUT2D eigenvalue weighted by atomic mass is 35.5. The summed E-state index contributed by atoms with van der Waals surface area (Å²) in [5.74, 6) is 0.220. The van der Waals surface area contributed by atoms with Gasteiger partial charge in [0.1, 0.15) is 11.1 Å². The van der Waals surface area contributed by atoms with E-state index in [4.69, 9.17) is 20.8 Å². The number of furan rings is 1. The van der Waals surface area contributed by atoms with Gasteiger partial charge >= 0.3 is 0 Å². The number of hydrogen-bond donors (Lipinski definition) is 0. The van der Waals surface area contributed by atoms with E-state index in [2.05, 4.69) is 0 Å². The number of carbonyl (C=O) groups excluding carboxylic acids is 1. The molecule has 0 aliphatic carbocycles. The molecule has 2 aromatic rings. The molecular weight excluding hydrogens is 204 g/mol. The molecule has 72 valence electrons. The molecule has 0 aliphatic rings. The Labute approximate surface area is 85.2 Å². The molecule has 14 heavy (non-hydrogen) atoms. The molecule has 0 N–H and O–H groups in total. The van der Waals surface area contributed by atoms with Crippen molar-refractivity contribution in [2.45, 2.75) is 0 Å². The minimum absolute atomic E-state index is 0.220. The second-order valence-corrected chi connectivity index (χ2v) is 3.20. The minimum atomic E-state index is 0.220. The lowest BCUT2D eigenvalue weighted by Crippen LogP contribution is -1.84. The summed E-state index contributed by atoms with van der Waals surface area (Å²) < 4.78 is 10.2. The van der Waals surface area contributed by atoms with Gasteiger partial charge in [-0.2, -0.15) is 0 Å². The van der Waals surface area contributed by atoms with Gasteiger partial charge in [-0.3, -0.25) is 4.79 Å². The second-order valence-electron chi connectivity index (χ2n) is 2.77. The van der Waals surface area contributed by atoms with Crippen molar-refractivity contribution >= 4 is 28.9 Å². The summed E-state index contributed by atoms with van der Waals surface area (Å²) in [4.78, 5) is 10.8. The van der Waals surface area contributed by atoms with Gasteiger partial charge in [-0.1, -0.05) is 11.6 Å². The molecular formula is C10H7ClO3. The second kappa shape index (κ2) is 3.35. The Balaban J connectivity index is 2.79. The number of aldehydes is 1. The zero-order valence-corrected chi connectivity index (χ0v) is 8.17. The predicted molar refractivity (Wildman–Crippen MR) is 53.2 cm³/mol. The molecule has 1 heterocycles. The van der Waals surface area contributed by atoms with Gasteiger partial charge in [0.2, 0.25) is 0 Å². The summed E-state index contributed by atoms with van der Waals surface area (Å²) in [5, 5.41) is 1.27. The first-order chi connectivity index (χ1) is 6.76. The van der Waals surface area contributed by atoms with E-state index < -0.39 is 0 Å². The normalized spacial score (nSPS) is 10.4. The van der Waals surface area contributed by atoms with Crippen LogP contribution < -0.4 is 4.74 Å². The molecule has 1 aromatic heterocycles. The Kier molecular flexibility index (Phi) is 2.17. The van der Waals surface area contributed by atoms with Gasteiger partial charge < -0.3 is 9.15 Å². The predicted octanol–water partition coefficient (Wildman–Crippen LogP) is 2.91. The third kappa shape index (κ3) is 1.26. The van der Waals surface area contributed by atoms with Crippen LogP contribution in [0.4, 0.5) is 0 Å². The maximum absolute atomic E-state index is 10.8. The van der Waals surface area contributed by atoms with Crippen molar-refractivity contribution in [1.29, 1.82) is 0 Å². The van der Waals surface area contributed by atoms with E-state index >= 15 is 0 Å². The van der Waals surface area contributed by atoms with Crippen LogP contribution in [0.25, 0.3) is 11.0 Å². The molecule has 0 saturated carbocycles. The van der Waals surface area contributed by atoms with Crippen LogP contribution in [0.3, 0.4) is 0 Å². The number of carbonyl (C=O) groups is 1. The number of rotatable bonds is 2. The Morgan fingerprint density at radius 1 is 1.50 bits per heavy atom. The number of fused-ring (bicyclic) bond motifs is 1. The maximum Gasteiger partial charge on any atom is 0.296 e. The lowest BCUT2D eigenvalue weighted by molar-refractivity contribution is 0.111. The molecule has 0 spiro atoms. The molecule has 0 atom stereocenters. The van der Waals surface area contributed by atoms with E-state index in [1.54, 1.807) is 18.2 Å². The first kappa shape index (κ1) is 9.09. The topological polar surface area (TPSA) is 39.4 Å². The lowest BCUT2D eigenvalue weighted by atomic mass is 10.2. The fraction of sp³-hybridized carbons (Fsp3) is 0.100. The SMILES string of the molecule is COc1oc2cc(Cl)ccc2c1C=O. The fourth-order valence-electron chi connectivity index (χ4n) is 1.33. The number of halogens is 1. The van der Waals surface area contributed by atoms with Crippen molar-refractivity contribution in [3.05, 3.63) is 28.8 Å². The van der Waals surface area contributed by atoms with Gasteiger partial charge in [-0.15, -0.1) is 0 Å². The highest BCUT2D eigenvalue weighted by Gasteiger charge is 2.13. The summed E-state index contributed by atoms with van der Waals surface area (Å²) in [6.45, 7) is 0. The van der Waals surface area contributed by atoms with Gasteiger partial charge in [0.15, 0.2) is 6.29 Å². The summed E-state index contributed by atoms with van der Waals surface area (Å²) in [6.07, 6.45) is 0.707. The molecule has 2 rings (SSSR count). The average Bonchev–Trinajstić information content (AvgIpc) is 2.54. The van der Waals surface area contributed by atoms with E-state index in [1.165, 1.54) is 7.11 Å². The van der Waals surface area contributed by atoms with E-state index in [-0.39, 0.29) is 5.95 Å². The molecule has 0 amide bonds. The third-order valence-corrected chi connectivity index (χ3v) is 2.19. The van der Waals surface area contributed by atoms with Crippen LogP contribution in [0.5, 0.6) is 5.95 Å². The summed E-state index contributed by atoms with van der Waals surface area (Å²) >= 11 is 5.78. The summed E-state index contributed by atoms with van der Waals surface area (Å²) in [5.41, 5.74) is 0.968. The van der Waals surface area contributed by atoms with Crippen molar-refractivity contribution in [3.8, 4) is 5.95 Å². The van der Waals surface area contributed by atoms with Crippen molar-refractivity contribution < 1.29 is 13.9 Å². The Hall–Kier alpha value is -1.48. The number of hydrogen-bond acceptors (Lipinski definition) is 3. The molecule has 4 heteroatoms. The van der Waals surface area contributed by atoms with Crippen LogP contribution in [-0.4, -0.2) is 13.4 Å². The van der Waals surface area contributed by atoms with Gasteiger partial charge in [0.25, 0.3) is 5.95 Å². The molecule has 0 aliphatic heterocycles. The number of methoxy groups -OCH3 is 1.